The standard InChI is InChI=1S/C30H42F2N6O3/c1-17-14-38(16-29(36-17)11-12-29)27-23(32)28(41-18(2)21-13-19(31)15-37(21)3)35-26(34-27)24(33)20-7-6-10-30(25(20)40)9-5-4-8-22(30)39/h17-19,21,33,36,40H,4-16H2,1-3H3/t17-,18+,19-,21+,30-/m1/s1. The number of rotatable bonds is 6. The largest absolute Gasteiger partial charge is 0.511 e. The van der Waals surface area contributed by atoms with E-state index in [0.717, 1.165) is 25.7 Å². The molecule has 0 aromatic carbocycles. The Labute approximate surface area is 240 Å². The number of likely N-dealkylation sites (tertiary alicyclic amines) is 1. The Morgan fingerprint density at radius 3 is 2.61 bits per heavy atom. The fraction of sp³-hybridized carbons (Fsp3) is 0.733. The molecule has 1 aromatic rings. The van der Waals surface area contributed by atoms with Gasteiger partial charge in [-0.15, -0.1) is 0 Å². The number of allylic oxidation sites excluding steroid dienone is 2. The minimum absolute atomic E-state index is 0.0289. The van der Waals surface area contributed by atoms with Crippen LogP contribution in [0.2, 0.25) is 0 Å². The van der Waals surface area contributed by atoms with Crippen molar-refractivity contribution in [2.24, 2.45) is 5.41 Å². The van der Waals surface area contributed by atoms with Gasteiger partial charge in [-0.1, -0.05) is 6.42 Å². The second-order valence-electron chi connectivity index (χ2n) is 13.1. The highest BCUT2D eigenvalue weighted by Crippen LogP contribution is 2.48. The number of aliphatic hydroxyl groups is 1. The number of hydrogen-bond donors (Lipinski definition) is 3. The predicted octanol–water partition coefficient (Wildman–Crippen LogP) is 4.25. The molecule has 0 radical (unpaired) electrons. The summed E-state index contributed by atoms with van der Waals surface area (Å²) in [4.78, 5) is 25.8. The summed E-state index contributed by atoms with van der Waals surface area (Å²) in [5, 5.41) is 24.2. The molecule has 11 heteroatoms. The monoisotopic (exact) mass is 572 g/mol. The molecule has 3 heterocycles. The zero-order chi connectivity index (χ0) is 29.1. The molecule has 2 aliphatic heterocycles. The topological polar surface area (TPSA) is 115 Å². The Kier molecular flexibility index (Phi) is 7.33. The maximum atomic E-state index is 16.2. The summed E-state index contributed by atoms with van der Waals surface area (Å²) < 4.78 is 36.4. The van der Waals surface area contributed by atoms with Crippen LogP contribution in [0.25, 0.3) is 0 Å². The Morgan fingerprint density at radius 2 is 1.93 bits per heavy atom. The third-order valence-electron chi connectivity index (χ3n) is 9.97. The van der Waals surface area contributed by atoms with Crippen molar-refractivity contribution in [2.75, 3.05) is 31.6 Å². The molecule has 0 bridgehead atoms. The van der Waals surface area contributed by atoms with Crippen molar-refractivity contribution in [1.29, 1.82) is 5.41 Å². The molecule has 9 nitrogen and oxygen atoms in total. The molecule has 6 rings (SSSR count). The highest BCUT2D eigenvalue weighted by molar-refractivity contribution is 6.09. The molecule has 4 fully saturated rings. The van der Waals surface area contributed by atoms with Crippen LogP contribution in [0, 0.1) is 16.6 Å². The van der Waals surface area contributed by atoms with Gasteiger partial charge in [-0.2, -0.15) is 9.37 Å². The van der Waals surface area contributed by atoms with Crippen LogP contribution in [-0.4, -0.2) is 88.0 Å². The van der Waals surface area contributed by atoms with Gasteiger partial charge in [-0.05, 0) is 72.3 Å². The van der Waals surface area contributed by atoms with Gasteiger partial charge in [0.1, 0.15) is 29.5 Å². The van der Waals surface area contributed by atoms with Crippen molar-refractivity contribution in [3.8, 4) is 5.88 Å². The van der Waals surface area contributed by atoms with Crippen LogP contribution in [0.1, 0.15) is 83.9 Å². The van der Waals surface area contributed by atoms with E-state index in [-0.39, 0.29) is 58.8 Å². The van der Waals surface area contributed by atoms with Crippen molar-refractivity contribution in [2.45, 2.75) is 108 Å². The lowest BCUT2D eigenvalue weighted by Gasteiger charge is -2.40. The lowest BCUT2D eigenvalue weighted by atomic mass is 9.64. The number of piperazine rings is 1. The summed E-state index contributed by atoms with van der Waals surface area (Å²) in [6, 6.07) is -0.135. The van der Waals surface area contributed by atoms with Crippen LogP contribution in [0.4, 0.5) is 14.6 Å². The van der Waals surface area contributed by atoms with Crippen molar-refractivity contribution in [3.63, 3.8) is 0 Å². The Bertz CT molecular complexity index is 1270. The number of aliphatic hydroxyl groups excluding tert-OH is 1. The van der Waals surface area contributed by atoms with Gasteiger partial charge in [-0.25, -0.2) is 9.37 Å². The third kappa shape index (κ3) is 5.13. The van der Waals surface area contributed by atoms with E-state index >= 15 is 4.39 Å². The van der Waals surface area contributed by atoms with E-state index in [9.17, 15) is 14.3 Å². The number of hydrogen-bond acceptors (Lipinski definition) is 9. The molecule has 224 valence electrons. The van der Waals surface area contributed by atoms with Crippen LogP contribution in [0.3, 0.4) is 0 Å². The minimum atomic E-state index is -0.973. The lowest BCUT2D eigenvalue weighted by molar-refractivity contribution is -0.131. The molecule has 3 N–H and O–H groups in total. The predicted molar refractivity (Wildman–Crippen MR) is 151 cm³/mol. The minimum Gasteiger partial charge on any atom is -0.511 e. The number of nitrogens with zero attached hydrogens (tertiary/aromatic N) is 4. The maximum absolute atomic E-state index is 16.2. The third-order valence-corrected chi connectivity index (χ3v) is 9.97. The van der Waals surface area contributed by atoms with E-state index in [0.29, 0.717) is 57.3 Å². The molecule has 41 heavy (non-hydrogen) atoms. The van der Waals surface area contributed by atoms with E-state index in [1.165, 1.54) is 0 Å². The molecule has 5 aliphatic rings. The van der Waals surface area contributed by atoms with Gasteiger partial charge in [0.2, 0.25) is 5.82 Å². The summed E-state index contributed by atoms with van der Waals surface area (Å²) in [6.45, 7) is 5.24. The van der Waals surface area contributed by atoms with Gasteiger partial charge in [0.05, 0.1) is 5.41 Å². The van der Waals surface area contributed by atoms with E-state index < -0.39 is 23.5 Å². The number of halogens is 2. The first kappa shape index (κ1) is 28.5. The number of ether oxygens (including phenoxy) is 1. The average molecular weight is 573 g/mol. The van der Waals surface area contributed by atoms with Crippen molar-refractivity contribution < 1.29 is 23.4 Å². The molecule has 0 unspecified atom stereocenters. The molecule has 2 spiro atoms. The van der Waals surface area contributed by atoms with Gasteiger partial charge in [0, 0.05) is 49.3 Å². The number of ketones is 1. The summed E-state index contributed by atoms with van der Waals surface area (Å²) in [6.07, 6.45) is 5.07. The number of aromatic nitrogens is 2. The van der Waals surface area contributed by atoms with Crippen LogP contribution in [0.15, 0.2) is 11.3 Å². The van der Waals surface area contributed by atoms with Gasteiger partial charge >= 0.3 is 0 Å². The Morgan fingerprint density at radius 1 is 1.17 bits per heavy atom. The molecule has 2 saturated carbocycles. The molecule has 3 aliphatic carbocycles. The average Bonchev–Trinajstić information content (AvgIpc) is 3.57. The smallest absolute Gasteiger partial charge is 0.256 e. The first-order valence-electron chi connectivity index (χ1n) is 15.2. The van der Waals surface area contributed by atoms with Crippen molar-refractivity contribution >= 4 is 17.3 Å². The van der Waals surface area contributed by atoms with E-state index in [2.05, 4.69) is 22.2 Å². The van der Waals surface area contributed by atoms with Gasteiger partial charge < -0.3 is 20.1 Å². The number of carbonyl (C=O) groups is 1. The fourth-order valence-corrected chi connectivity index (χ4v) is 7.65. The van der Waals surface area contributed by atoms with E-state index in [1.807, 2.05) is 16.8 Å². The summed E-state index contributed by atoms with van der Waals surface area (Å²) in [5.41, 5.74) is -0.773. The maximum Gasteiger partial charge on any atom is 0.256 e. The van der Waals surface area contributed by atoms with Crippen LogP contribution in [-0.2, 0) is 4.79 Å². The molecule has 0 amide bonds. The van der Waals surface area contributed by atoms with E-state index in [1.54, 1.807) is 6.92 Å². The highest BCUT2D eigenvalue weighted by atomic mass is 19.1. The second-order valence-corrected chi connectivity index (χ2v) is 13.1. The summed E-state index contributed by atoms with van der Waals surface area (Å²) in [5.74, 6) is -0.946. The van der Waals surface area contributed by atoms with Gasteiger partial charge in [0.15, 0.2) is 11.6 Å². The van der Waals surface area contributed by atoms with E-state index in [4.69, 9.17) is 10.1 Å². The van der Waals surface area contributed by atoms with Crippen LogP contribution in [0.5, 0.6) is 5.88 Å². The van der Waals surface area contributed by atoms with Crippen molar-refractivity contribution in [3.05, 3.63) is 23.0 Å². The number of nitrogens with one attached hydrogen (secondary N) is 2. The second kappa shape index (κ2) is 10.6. The van der Waals surface area contributed by atoms with Crippen LogP contribution < -0.4 is 15.0 Å². The normalized spacial score (nSPS) is 32.6. The summed E-state index contributed by atoms with van der Waals surface area (Å²) >= 11 is 0. The molecular formula is C30H42F2N6O3. The molecule has 1 aromatic heterocycles. The highest BCUT2D eigenvalue weighted by Gasteiger charge is 2.49. The fourth-order valence-electron chi connectivity index (χ4n) is 7.65. The number of carbonyl (C=O) groups excluding carboxylic acids is 1. The number of Topliss-reactive ketones (excluding diaryl/α,β-unsaturated/α-hetero) is 1. The SMILES string of the molecule is C[C@@H]1CN(c2nc(C(=N)C3=C(O)[C@]4(CCCCC4=O)CCC3)nc(O[C@@H](C)[C@@H]3C[C@@H](F)CN3C)c2F)CC2(CC2)N1. The van der Waals surface area contributed by atoms with Gasteiger partial charge in [0.25, 0.3) is 5.88 Å². The summed E-state index contributed by atoms with van der Waals surface area (Å²) in [7, 11) is 1.82. The number of likely N-dealkylation sites (N-methyl/N-ethyl adjacent to an activating group) is 1. The first-order chi connectivity index (χ1) is 19.5. The van der Waals surface area contributed by atoms with Crippen LogP contribution >= 0.6 is 0 Å². The first-order valence-corrected chi connectivity index (χ1v) is 15.2. The van der Waals surface area contributed by atoms with Crippen molar-refractivity contribution in [1.82, 2.24) is 20.2 Å². The lowest BCUT2D eigenvalue weighted by Crippen LogP contribution is -2.57. The quantitative estimate of drug-likeness (QED) is 0.434. The molecule has 2 saturated heterocycles. The zero-order valence-electron chi connectivity index (χ0n) is 24.3. The zero-order valence-corrected chi connectivity index (χ0v) is 24.3. The molecular weight excluding hydrogens is 530 g/mol. The number of alkyl halides is 1. The Balaban J connectivity index is 1.38. The molecule has 5 atom stereocenters. The Hall–Kier alpha value is -2.66. The number of anilines is 1. The van der Waals surface area contributed by atoms with Gasteiger partial charge in [-0.3, -0.25) is 15.1 Å².